The van der Waals surface area contributed by atoms with E-state index in [1.54, 1.807) is 12.1 Å². The van der Waals surface area contributed by atoms with Gasteiger partial charge >= 0.3 is 0 Å². The fraction of sp³-hybridized carbons (Fsp3) is 0.278. The molecule has 1 atom stereocenters. The van der Waals surface area contributed by atoms with Crippen molar-refractivity contribution < 1.29 is 13.9 Å². The van der Waals surface area contributed by atoms with E-state index < -0.39 is 5.82 Å². The maximum absolute atomic E-state index is 13.6. The molecule has 1 fully saturated rings. The first-order valence-electron chi connectivity index (χ1n) is 7.76. The molecule has 0 bridgehead atoms. The number of amides is 1. The molecular weight excluding hydrogens is 295 g/mol. The Morgan fingerprint density at radius 1 is 1.22 bits per heavy atom. The molecule has 1 heterocycles. The van der Waals surface area contributed by atoms with E-state index >= 15 is 0 Å². The van der Waals surface area contributed by atoms with Gasteiger partial charge in [-0.25, -0.2) is 4.39 Å². The van der Waals surface area contributed by atoms with Gasteiger partial charge in [-0.2, -0.15) is 0 Å². The Labute approximate surface area is 134 Å². The number of ether oxygens (including phenoxy) is 1. The van der Waals surface area contributed by atoms with Gasteiger partial charge in [0.05, 0.1) is 11.6 Å². The summed E-state index contributed by atoms with van der Waals surface area (Å²) in [6.45, 7) is 1.59. The Hall–Kier alpha value is -2.40. The van der Waals surface area contributed by atoms with E-state index in [-0.39, 0.29) is 11.8 Å². The Balaban J connectivity index is 1.77. The Morgan fingerprint density at radius 2 is 2.04 bits per heavy atom. The van der Waals surface area contributed by atoms with Crippen LogP contribution in [0, 0.1) is 11.7 Å². The van der Waals surface area contributed by atoms with Gasteiger partial charge in [-0.15, -0.1) is 0 Å². The first-order valence-corrected chi connectivity index (χ1v) is 7.76. The second kappa shape index (κ2) is 7.24. The van der Waals surface area contributed by atoms with Crippen LogP contribution in [0.15, 0.2) is 48.5 Å². The quantitative estimate of drug-likeness (QED) is 0.907. The number of anilines is 1. The van der Waals surface area contributed by atoms with Crippen LogP contribution in [0.4, 0.5) is 10.1 Å². The van der Waals surface area contributed by atoms with Crippen molar-refractivity contribution in [1.29, 1.82) is 0 Å². The van der Waals surface area contributed by atoms with Crippen LogP contribution in [0.1, 0.15) is 12.8 Å². The molecule has 2 N–H and O–H groups in total. The predicted molar refractivity (Wildman–Crippen MR) is 87.1 cm³/mol. The summed E-state index contributed by atoms with van der Waals surface area (Å²) in [5.41, 5.74) is 0.351. The van der Waals surface area contributed by atoms with Crippen LogP contribution in [0.2, 0.25) is 0 Å². The predicted octanol–water partition coefficient (Wildman–Crippen LogP) is 3.56. The molecule has 0 aromatic heterocycles. The molecule has 0 saturated carbocycles. The normalized spacial score (nSPS) is 17.5. The summed E-state index contributed by atoms with van der Waals surface area (Å²) in [5.74, 6) is 0.434. The van der Waals surface area contributed by atoms with Crippen molar-refractivity contribution in [3.63, 3.8) is 0 Å². The minimum Gasteiger partial charge on any atom is -0.455 e. The topological polar surface area (TPSA) is 50.4 Å². The number of piperidine rings is 1. The molecule has 1 unspecified atom stereocenters. The van der Waals surface area contributed by atoms with Gasteiger partial charge in [-0.1, -0.05) is 18.2 Å². The highest BCUT2D eigenvalue weighted by atomic mass is 19.1. The minimum atomic E-state index is -0.414. The molecule has 1 amide bonds. The molecule has 2 aromatic rings. The van der Waals surface area contributed by atoms with Crippen molar-refractivity contribution in [3.8, 4) is 11.5 Å². The summed E-state index contributed by atoms with van der Waals surface area (Å²) in [5, 5.41) is 6.00. The second-order valence-electron chi connectivity index (χ2n) is 5.59. The molecule has 2 aromatic carbocycles. The molecule has 1 aliphatic rings. The zero-order valence-electron chi connectivity index (χ0n) is 12.7. The number of carbonyl (C=O) groups is 1. The Kier molecular flexibility index (Phi) is 4.88. The van der Waals surface area contributed by atoms with E-state index in [2.05, 4.69) is 10.6 Å². The Bertz CT molecular complexity index is 670. The average Bonchev–Trinajstić information content (AvgIpc) is 2.59. The van der Waals surface area contributed by atoms with Crippen LogP contribution in [-0.4, -0.2) is 19.0 Å². The zero-order valence-corrected chi connectivity index (χ0v) is 12.7. The third kappa shape index (κ3) is 4.07. The lowest BCUT2D eigenvalue weighted by Gasteiger charge is -2.22. The van der Waals surface area contributed by atoms with Crippen LogP contribution in [-0.2, 0) is 4.79 Å². The minimum absolute atomic E-state index is 0.100. The van der Waals surface area contributed by atoms with Crippen molar-refractivity contribution in [2.45, 2.75) is 12.8 Å². The lowest BCUT2D eigenvalue weighted by molar-refractivity contribution is -0.120. The summed E-state index contributed by atoms with van der Waals surface area (Å²) in [7, 11) is 0. The van der Waals surface area contributed by atoms with E-state index in [0.29, 0.717) is 23.7 Å². The SMILES string of the molecule is O=C(Nc1cc(F)ccc1Oc1ccccc1)C1CCCNC1. The number of para-hydroxylation sites is 1. The molecule has 1 aliphatic heterocycles. The second-order valence-corrected chi connectivity index (χ2v) is 5.59. The van der Waals surface area contributed by atoms with Crippen molar-refractivity contribution in [2.24, 2.45) is 5.92 Å². The smallest absolute Gasteiger partial charge is 0.228 e. The maximum Gasteiger partial charge on any atom is 0.228 e. The molecule has 0 spiro atoms. The fourth-order valence-electron chi connectivity index (χ4n) is 2.61. The number of hydrogen-bond acceptors (Lipinski definition) is 3. The monoisotopic (exact) mass is 314 g/mol. The first kappa shape index (κ1) is 15.5. The Morgan fingerprint density at radius 3 is 2.78 bits per heavy atom. The number of nitrogens with one attached hydrogen (secondary N) is 2. The largest absolute Gasteiger partial charge is 0.455 e. The molecular formula is C18H19FN2O2. The van der Waals surface area contributed by atoms with Crippen LogP contribution < -0.4 is 15.4 Å². The standard InChI is InChI=1S/C18H19FN2O2/c19-14-8-9-17(23-15-6-2-1-3-7-15)16(11-14)21-18(22)13-5-4-10-20-12-13/h1-3,6-9,11,13,20H,4-5,10,12H2,(H,21,22). The maximum atomic E-state index is 13.6. The molecule has 4 nitrogen and oxygen atoms in total. The van der Waals surface area contributed by atoms with E-state index in [0.717, 1.165) is 19.4 Å². The van der Waals surface area contributed by atoms with Crippen LogP contribution in [0.3, 0.4) is 0 Å². The summed E-state index contributed by atoms with van der Waals surface area (Å²) >= 11 is 0. The molecule has 3 rings (SSSR count). The summed E-state index contributed by atoms with van der Waals surface area (Å²) in [6.07, 6.45) is 1.80. The highest BCUT2D eigenvalue weighted by Gasteiger charge is 2.22. The summed E-state index contributed by atoms with van der Waals surface area (Å²) < 4.78 is 19.3. The molecule has 5 heteroatoms. The van der Waals surface area contributed by atoms with Crippen molar-refractivity contribution in [2.75, 3.05) is 18.4 Å². The van der Waals surface area contributed by atoms with Crippen molar-refractivity contribution >= 4 is 11.6 Å². The van der Waals surface area contributed by atoms with Crippen LogP contribution in [0.5, 0.6) is 11.5 Å². The third-order valence-corrected chi connectivity index (χ3v) is 3.84. The molecule has 0 aliphatic carbocycles. The summed E-state index contributed by atoms with van der Waals surface area (Å²) in [4.78, 5) is 12.4. The van der Waals surface area contributed by atoms with Gasteiger partial charge in [0.25, 0.3) is 0 Å². The van der Waals surface area contributed by atoms with Crippen LogP contribution in [0.25, 0.3) is 0 Å². The molecule has 23 heavy (non-hydrogen) atoms. The lowest BCUT2D eigenvalue weighted by atomic mass is 9.99. The van der Waals surface area contributed by atoms with E-state index in [9.17, 15) is 9.18 Å². The van der Waals surface area contributed by atoms with Gasteiger partial charge in [0.2, 0.25) is 5.91 Å². The number of benzene rings is 2. The summed E-state index contributed by atoms with van der Waals surface area (Å²) in [6, 6.07) is 13.3. The van der Waals surface area contributed by atoms with E-state index in [4.69, 9.17) is 4.74 Å². The van der Waals surface area contributed by atoms with E-state index in [1.807, 2.05) is 18.2 Å². The fourth-order valence-corrected chi connectivity index (χ4v) is 2.61. The van der Waals surface area contributed by atoms with Crippen molar-refractivity contribution in [1.82, 2.24) is 5.32 Å². The number of halogens is 1. The van der Waals surface area contributed by atoms with Gasteiger partial charge in [-0.3, -0.25) is 4.79 Å². The van der Waals surface area contributed by atoms with Gasteiger partial charge in [0, 0.05) is 12.6 Å². The number of hydrogen-bond donors (Lipinski definition) is 2. The number of rotatable bonds is 4. The van der Waals surface area contributed by atoms with Crippen LogP contribution >= 0.6 is 0 Å². The van der Waals surface area contributed by atoms with Crippen molar-refractivity contribution in [3.05, 3.63) is 54.3 Å². The van der Waals surface area contributed by atoms with Gasteiger partial charge in [-0.05, 0) is 43.7 Å². The molecule has 1 saturated heterocycles. The van der Waals surface area contributed by atoms with Gasteiger partial charge < -0.3 is 15.4 Å². The average molecular weight is 314 g/mol. The van der Waals surface area contributed by atoms with Gasteiger partial charge in [0.1, 0.15) is 11.6 Å². The highest BCUT2D eigenvalue weighted by molar-refractivity contribution is 5.94. The van der Waals surface area contributed by atoms with E-state index in [1.165, 1.54) is 18.2 Å². The third-order valence-electron chi connectivity index (χ3n) is 3.84. The zero-order chi connectivity index (χ0) is 16.1. The first-order chi connectivity index (χ1) is 11.2. The lowest BCUT2D eigenvalue weighted by Crippen LogP contribution is -2.37. The van der Waals surface area contributed by atoms with Gasteiger partial charge in [0.15, 0.2) is 5.75 Å². The number of carbonyl (C=O) groups excluding carboxylic acids is 1. The molecule has 120 valence electrons. The highest BCUT2D eigenvalue weighted by Crippen LogP contribution is 2.30. The molecule has 0 radical (unpaired) electrons.